The summed E-state index contributed by atoms with van der Waals surface area (Å²) in [5.74, 6) is 0.321. The number of amides is 1. The summed E-state index contributed by atoms with van der Waals surface area (Å²) >= 11 is 6.22. The molecule has 0 unspecified atom stereocenters. The first kappa shape index (κ1) is 20.3. The number of rotatable bonds is 8. The number of nitrogen functional groups attached to an aromatic ring is 1. The lowest BCUT2D eigenvalue weighted by atomic mass is 9.88. The van der Waals surface area contributed by atoms with Gasteiger partial charge in [0.05, 0.1) is 23.4 Å². The maximum absolute atomic E-state index is 11.7. The molecule has 152 valence electrons. The van der Waals surface area contributed by atoms with Crippen LogP contribution in [0.1, 0.15) is 35.2 Å². The van der Waals surface area contributed by atoms with Crippen LogP contribution in [0.3, 0.4) is 0 Å². The number of benzene rings is 1. The second-order valence-corrected chi connectivity index (χ2v) is 7.52. The van der Waals surface area contributed by atoms with Crippen molar-refractivity contribution in [1.82, 2.24) is 25.1 Å². The van der Waals surface area contributed by atoms with Gasteiger partial charge in [0.2, 0.25) is 0 Å². The maximum atomic E-state index is 11.7. The summed E-state index contributed by atoms with van der Waals surface area (Å²) in [5.41, 5.74) is 13.2. The number of halogens is 1. The van der Waals surface area contributed by atoms with Crippen LogP contribution in [0.4, 0.5) is 5.69 Å². The van der Waals surface area contributed by atoms with Crippen LogP contribution in [-0.2, 0) is 13.0 Å². The Bertz CT molecular complexity index is 805. The first-order valence-electron chi connectivity index (χ1n) is 9.37. The van der Waals surface area contributed by atoms with Crippen LogP contribution in [0.25, 0.3) is 0 Å². The second-order valence-electron chi connectivity index (χ2n) is 7.11. The zero-order valence-corrected chi connectivity index (χ0v) is 16.7. The van der Waals surface area contributed by atoms with Crippen LogP contribution in [0, 0.1) is 5.92 Å². The Morgan fingerprint density at radius 3 is 2.71 bits per heavy atom. The number of hydrogen-bond donors (Lipinski definition) is 2. The van der Waals surface area contributed by atoms with Gasteiger partial charge in [0.15, 0.2) is 0 Å². The first-order chi connectivity index (χ1) is 13.5. The van der Waals surface area contributed by atoms with Gasteiger partial charge in [-0.3, -0.25) is 4.79 Å². The van der Waals surface area contributed by atoms with Crippen LogP contribution >= 0.6 is 11.6 Å². The molecular weight excluding hydrogens is 382 g/mol. The van der Waals surface area contributed by atoms with E-state index in [9.17, 15) is 4.79 Å². The van der Waals surface area contributed by atoms with E-state index in [4.69, 9.17) is 27.8 Å². The molecule has 0 spiro atoms. The fourth-order valence-electron chi connectivity index (χ4n) is 3.76. The average Bonchev–Trinajstić information content (AvgIpc) is 3.20. The van der Waals surface area contributed by atoms with Crippen molar-refractivity contribution in [2.24, 2.45) is 11.7 Å². The number of hydrogen-bond acceptors (Lipinski definition) is 7. The minimum atomic E-state index is -0.572. The molecule has 9 nitrogen and oxygen atoms in total. The number of methoxy groups -OCH3 is 1. The Labute approximate surface area is 168 Å². The highest BCUT2D eigenvalue weighted by Gasteiger charge is 2.25. The molecule has 1 aliphatic heterocycles. The zero-order chi connectivity index (χ0) is 20.1. The third kappa shape index (κ3) is 4.71. The molecule has 0 saturated carbocycles. The zero-order valence-electron chi connectivity index (χ0n) is 16.0. The van der Waals surface area contributed by atoms with Gasteiger partial charge in [0.25, 0.3) is 5.91 Å². The predicted molar refractivity (Wildman–Crippen MR) is 106 cm³/mol. The summed E-state index contributed by atoms with van der Waals surface area (Å²) in [6, 6.07) is 1.48. The van der Waals surface area contributed by atoms with Gasteiger partial charge in [-0.1, -0.05) is 11.6 Å². The minimum absolute atomic E-state index is 0.275. The SMILES string of the molecule is COc1c(C(N)=O)cc(Cl)c(N)c1CC1CCN(CCCn2cnnn2)CC1. The molecule has 1 amide bonds. The van der Waals surface area contributed by atoms with Crippen molar-refractivity contribution >= 4 is 23.2 Å². The van der Waals surface area contributed by atoms with Crippen molar-refractivity contribution in [2.75, 3.05) is 32.5 Å². The normalized spacial score (nSPS) is 15.6. The molecule has 0 atom stereocenters. The molecule has 0 bridgehead atoms. The number of tetrazole rings is 1. The van der Waals surface area contributed by atoms with Gasteiger partial charge >= 0.3 is 0 Å². The van der Waals surface area contributed by atoms with E-state index >= 15 is 0 Å². The Balaban J connectivity index is 1.57. The summed E-state index contributed by atoms with van der Waals surface area (Å²) < 4.78 is 7.20. The molecule has 0 aliphatic carbocycles. The van der Waals surface area contributed by atoms with Crippen molar-refractivity contribution in [3.63, 3.8) is 0 Å². The molecule has 1 aromatic carbocycles. The molecule has 3 rings (SSSR count). The molecule has 1 saturated heterocycles. The van der Waals surface area contributed by atoms with Gasteiger partial charge in [-0.15, -0.1) is 5.10 Å². The Morgan fingerprint density at radius 1 is 1.36 bits per heavy atom. The largest absolute Gasteiger partial charge is 0.496 e. The molecule has 1 aliphatic rings. The van der Waals surface area contributed by atoms with E-state index in [-0.39, 0.29) is 5.56 Å². The molecule has 1 fully saturated rings. The van der Waals surface area contributed by atoms with Crippen LogP contribution in [0.2, 0.25) is 5.02 Å². The molecule has 1 aromatic heterocycles. The molecule has 2 heterocycles. The summed E-state index contributed by atoms with van der Waals surface area (Å²) in [7, 11) is 1.52. The standard InChI is InChI=1S/C18H26ClN7O2/c1-28-17-13(16(20)15(19)10-14(17)18(21)27)9-12-3-7-25(8-4-12)5-2-6-26-11-22-23-24-26/h10-12H,2-9,20H2,1H3,(H2,21,27). The monoisotopic (exact) mass is 407 g/mol. The number of carbonyl (C=O) groups is 1. The summed E-state index contributed by atoms with van der Waals surface area (Å²) in [6.07, 6.45) is 5.45. The third-order valence-corrected chi connectivity index (χ3v) is 5.61. The molecule has 2 aromatic rings. The minimum Gasteiger partial charge on any atom is -0.496 e. The number of primary amides is 1. The van der Waals surface area contributed by atoms with Crippen LogP contribution in [-0.4, -0.2) is 57.8 Å². The molecule has 28 heavy (non-hydrogen) atoms. The molecular formula is C18H26ClN7O2. The summed E-state index contributed by atoms with van der Waals surface area (Å²) in [6.45, 7) is 3.87. The highest BCUT2D eigenvalue weighted by Crippen LogP contribution is 2.37. The summed E-state index contributed by atoms with van der Waals surface area (Å²) in [4.78, 5) is 14.2. The van der Waals surface area contributed by atoms with Crippen molar-refractivity contribution in [2.45, 2.75) is 32.2 Å². The Kier molecular flexibility index (Phi) is 6.69. The van der Waals surface area contributed by atoms with Crippen molar-refractivity contribution < 1.29 is 9.53 Å². The van der Waals surface area contributed by atoms with Crippen LogP contribution in [0.15, 0.2) is 12.4 Å². The topological polar surface area (TPSA) is 125 Å². The molecule has 10 heteroatoms. The Hall–Kier alpha value is -2.39. The maximum Gasteiger partial charge on any atom is 0.252 e. The lowest BCUT2D eigenvalue weighted by molar-refractivity contribution is 0.0997. The van der Waals surface area contributed by atoms with E-state index in [1.165, 1.54) is 13.2 Å². The number of anilines is 1. The highest BCUT2D eigenvalue weighted by molar-refractivity contribution is 6.33. The fourth-order valence-corrected chi connectivity index (χ4v) is 3.98. The number of piperidine rings is 1. The van der Waals surface area contributed by atoms with Crippen molar-refractivity contribution in [3.05, 3.63) is 28.5 Å². The summed E-state index contributed by atoms with van der Waals surface area (Å²) in [5, 5.41) is 11.5. The first-order valence-corrected chi connectivity index (χ1v) is 9.75. The average molecular weight is 408 g/mol. The van der Waals surface area contributed by atoms with Gasteiger partial charge in [0.1, 0.15) is 12.1 Å². The second kappa shape index (κ2) is 9.20. The number of aromatic nitrogens is 4. The van der Waals surface area contributed by atoms with E-state index in [0.717, 1.165) is 51.0 Å². The Morgan fingerprint density at radius 2 is 2.11 bits per heavy atom. The van der Waals surface area contributed by atoms with Crippen LogP contribution < -0.4 is 16.2 Å². The van der Waals surface area contributed by atoms with Gasteiger partial charge < -0.3 is 21.1 Å². The number of nitrogens with two attached hydrogens (primary N) is 2. The fraction of sp³-hybridized carbons (Fsp3) is 0.556. The number of nitrogens with zero attached hydrogens (tertiary/aromatic N) is 5. The number of carbonyl (C=O) groups excluding carboxylic acids is 1. The lowest BCUT2D eigenvalue weighted by Crippen LogP contribution is -2.35. The number of ether oxygens (including phenoxy) is 1. The van der Waals surface area contributed by atoms with E-state index in [2.05, 4.69) is 20.4 Å². The van der Waals surface area contributed by atoms with Gasteiger partial charge in [-0.2, -0.15) is 0 Å². The van der Waals surface area contributed by atoms with E-state index in [0.29, 0.717) is 28.8 Å². The van der Waals surface area contributed by atoms with Gasteiger partial charge in [-0.05, 0) is 67.7 Å². The van der Waals surface area contributed by atoms with Crippen molar-refractivity contribution in [1.29, 1.82) is 0 Å². The van der Waals surface area contributed by atoms with Gasteiger partial charge in [0, 0.05) is 12.1 Å². The van der Waals surface area contributed by atoms with E-state index in [1.807, 2.05) is 0 Å². The number of likely N-dealkylation sites (tertiary alicyclic amines) is 1. The van der Waals surface area contributed by atoms with E-state index < -0.39 is 5.91 Å². The van der Waals surface area contributed by atoms with Crippen molar-refractivity contribution in [3.8, 4) is 5.75 Å². The molecule has 0 radical (unpaired) electrons. The van der Waals surface area contributed by atoms with Crippen LogP contribution in [0.5, 0.6) is 5.75 Å². The quantitative estimate of drug-likeness (QED) is 0.632. The predicted octanol–water partition coefficient (Wildman–Crippen LogP) is 1.36. The van der Waals surface area contributed by atoms with E-state index in [1.54, 1.807) is 11.0 Å². The van der Waals surface area contributed by atoms with Gasteiger partial charge in [-0.25, -0.2) is 4.68 Å². The smallest absolute Gasteiger partial charge is 0.252 e. The number of aryl methyl sites for hydroxylation is 1. The molecule has 4 N–H and O–H groups in total. The third-order valence-electron chi connectivity index (χ3n) is 5.29. The lowest BCUT2D eigenvalue weighted by Gasteiger charge is -2.32. The highest BCUT2D eigenvalue weighted by atomic mass is 35.5.